The van der Waals surface area contributed by atoms with Crippen molar-refractivity contribution in [3.05, 3.63) is 11.6 Å². The summed E-state index contributed by atoms with van der Waals surface area (Å²) in [5.41, 5.74) is 0.507. The Balaban J connectivity index is 5.81. The summed E-state index contributed by atoms with van der Waals surface area (Å²) in [6, 6.07) is 0. The van der Waals surface area contributed by atoms with Gasteiger partial charge in [0.05, 0.1) is 26.9 Å². The number of rotatable bonds is 10. The molecule has 0 aromatic heterocycles. The van der Waals surface area contributed by atoms with E-state index in [2.05, 4.69) is 4.74 Å². The van der Waals surface area contributed by atoms with E-state index in [1.54, 1.807) is 27.7 Å². The van der Waals surface area contributed by atoms with Crippen LogP contribution in [0.4, 0.5) is 0 Å². The van der Waals surface area contributed by atoms with Crippen LogP contribution in [0.3, 0.4) is 0 Å². The Hall–Kier alpha value is -1.17. The lowest BCUT2D eigenvalue weighted by Crippen LogP contribution is -2.39. The molecule has 7 nitrogen and oxygen atoms in total. The lowest BCUT2D eigenvalue weighted by Gasteiger charge is -2.34. The molecule has 0 saturated carbocycles. The predicted molar refractivity (Wildman–Crippen MR) is 86.3 cm³/mol. The van der Waals surface area contributed by atoms with Crippen LogP contribution < -0.4 is 0 Å². The first kappa shape index (κ1) is 21.8. The fourth-order valence-electron chi connectivity index (χ4n) is 2.08. The molecule has 0 fully saturated rings. The van der Waals surface area contributed by atoms with E-state index < -0.39 is 24.7 Å². The van der Waals surface area contributed by atoms with Crippen LogP contribution in [0.1, 0.15) is 41.0 Å². The number of hydrogen-bond acceptors (Lipinski definition) is 7. The topological polar surface area (TPSA) is 88.1 Å². The zero-order valence-electron chi connectivity index (χ0n) is 14.7. The van der Waals surface area contributed by atoms with E-state index in [-0.39, 0.29) is 26.2 Å². The largest absolute Gasteiger partial charge is 0.466 e. The molecule has 0 N–H and O–H groups in total. The summed E-state index contributed by atoms with van der Waals surface area (Å²) in [6.07, 6.45) is 1.22. The molecule has 0 saturated heterocycles. The van der Waals surface area contributed by atoms with Crippen LogP contribution in [0.2, 0.25) is 0 Å². The highest BCUT2D eigenvalue weighted by Gasteiger charge is 2.54. The highest BCUT2D eigenvalue weighted by atomic mass is 31.2. The molecule has 8 heteroatoms. The third kappa shape index (κ3) is 5.75. The van der Waals surface area contributed by atoms with E-state index in [4.69, 9.17) is 13.8 Å². The van der Waals surface area contributed by atoms with E-state index in [1.165, 1.54) is 20.1 Å². The maximum Gasteiger partial charge on any atom is 0.347 e. The maximum atomic E-state index is 13.2. The Bertz CT molecular complexity index is 476. The normalized spacial score (nSPS) is 15.0. The molecule has 134 valence electrons. The van der Waals surface area contributed by atoms with Crippen molar-refractivity contribution in [3.63, 3.8) is 0 Å². The van der Waals surface area contributed by atoms with Crippen molar-refractivity contribution in [3.8, 4) is 0 Å². The number of carbonyl (C=O) groups excluding carboxylic acids is 2. The molecule has 0 aromatic rings. The molecule has 0 aliphatic heterocycles. The Morgan fingerprint density at radius 3 is 2.00 bits per heavy atom. The average molecular weight is 350 g/mol. The summed E-state index contributed by atoms with van der Waals surface area (Å²) in [5, 5.41) is -1.55. The molecule has 0 bridgehead atoms. The first-order valence-electron chi connectivity index (χ1n) is 7.52. The fraction of sp³-hybridized carbons (Fsp3) is 0.733. The minimum atomic E-state index is -3.80. The third-order valence-corrected chi connectivity index (χ3v) is 5.85. The third-order valence-electron chi connectivity index (χ3n) is 3.11. The van der Waals surface area contributed by atoms with Crippen LogP contribution in [-0.2, 0) is 32.7 Å². The van der Waals surface area contributed by atoms with Crippen molar-refractivity contribution in [2.24, 2.45) is 0 Å². The molecular formula is C15H27O7P. The smallest absolute Gasteiger partial charge is 0.347 e. The predicted octanol–water partition coefficient (Wildman–Crippen LogP) is 3.08. The molecular weight excluding hydrogens is 323 g/mol. The highest BCUT2D eigenvalue weighted by Crippen LogP contribution is 2.62. The second-order valence-electron chi connectivity index (χ2n) is 5.02. The number of hydrogen-bond donors (Lipinski definition) is 0. The van der Waals surface area contributed by atoms with Gasteiger partial charge in [-0.05, 0) is 41.0 Å². The number of allylic oxidation sites excluding steroid dienone is 1. The van der Waals surface area contributed by atoms with Crippen LogP contribution in [0, 0.1) is 0 Å². The molecule has 0 aliphatic carbocycles. The number of carbonyl (C=O) groups is 2. The van der Waals surface area contributed by atoms with Gasteiger partial charge in [0.25, 0.3) is 0 Å². The van der Waals surface area contributed by atoms with Gasteiger partial charge in [0.1, 0.15) is 0 Å². The van der Waals surface area contributed by atoms with Crippen molar-refractivity contribution in [1.82, 2.24) is 0 Å². The SMILES string of the molecule is CCOC(=O)C(C)(CC(C)=CC(=O)OC)P(=O)(OCC)OCC. The molecule has 0 aliphatic rings. The van der Waals surface area contributed by atoms with Crippen molar-refractivity contribution >= 4 is 19.5 Å². The van der Waals surface area contributed by atoms with Gasteiger partial charge < -0.3 is 18.5 Å². The first-order valence-corrected chi connectivity index (χ1v) is 9.06. The minimum absolute atomic E-state index is 0.0157. The second kappa shape index (κ2) is 9.85. The van der Waals surface area contributed by atoms with E-state index in [0.717, 1.165) is 0 Å². The van der Waals surface area contributed by atoms with Crippen LogP contribution >= 0.6 is 7.60 Å². The average Bonchev–Trinajstić information content (AvgIpc) is 2.47. The highest BCUT2D eigenvalue weighted by molar-refractivity contribution is 7.56. The van der Waals surface area contributed by atoms with Gasteiger partial charge in [0, 0.05) is 6.08 Å². The van der Waals surface area contributed by atoms with Crippen LogP contribution in [-0.4, -0.2) is 44.0 Å². The van der Waals surface area contributed by atoms with E-state index in [0.29, 0.717) is 5.57 Å². The number of esters is 2. The fourth-order valence-corrected chi connectivity index (χ4v) is 4.14. The van der Waals surface area contributed by atoms with Gasteiger partial charge >= 0.3 is 19.5 Å². The van der Waals surface area contributed by atoms with Crippen molar-refractivity contribution in [1.29, 1.82) is 0 Å². The van der Waals surface area contributed by atoms with Crippen LogP contribution in [0.5, 0.6) is 0 Å². The summed E-state index contributed by atoms with van der Waals surface area (Å²) in [5.74, 6) is -1.25. The monoisotopic (exact) mass is 350 g/mol. The Labute approximate surface area is 137 Å². The second-order valence-corrected chi connectivity index (χ2v) is 7.52. The lowest BCUT2D eigenvalue weighted by atomic mass is 10.0. The molecule has 0 aromatic carbocycles. The molecule has 1 unspecified atom stereocenters. The Morgan fingerprint density at radius 2 is 1.61 bits per heavy atom. The zero-order valence-corrected chi connectivity index (χ0v) is 15.6. The van der Waals surface area contributed by atoms with Gasteiger partial charge in [-0.2, -0.15) is 0 Å². The van der Waals surface area contributed by atoms with Gasteiger partial charge in [0.15, 0.2) is 5.16 Å². The van der Waals surface area contributed by atoms with Gasteiger partial charge in [-0.1, -0.05) is 5.57 Å². The van der Waals surface area contributed by atoms with Crippen molar-refractivity contribution < 1.29 is 32.7 Å². The Kier molecular flexibility index (Phi) is 9.35. The summed E-state index contributed by atoms with van der Waals surface area (Å²) in [6.45, 7) is 8.44. The van der Waals surface area contributed by atoms with Gasteiger partial charge in [-0.25, -0.2) is 4.79 Å². The van der Waals surface area contributed by atoms with Crippen LogP contribution in [0.15, 0.2) is 11.6 Å². The first-order chi connectivity index (χ1) is 10.7. The van der Waals surface area contributed by atoms with Gasteiger partial charge in [0.2, 0.25) is 0 Å². The summed E-state index contributed by atoms with van der Waals surface area (Å²) >= 11 is 0. The molecule has 0 spiro atoms. The van der Waals surface area contributed by atoms with E-state index in [1.807, 2.05) is 0 Å². The minimum Gasteiger partial charge on any atom is -0.466 e. The van der Waals surface area contributed by atoms with Crippen molar-refractivity contribution in [2.75, 3.05) is 26.9 Å². The maximum absolute atomic E-state index is 13.2. The van der Waals surface area contributed by atoms with Gasteiger partial charge in [-0.15, -0.1) is 0 Å². The molecule has 1 atom stereocenters. The standard InChI is InChI=1S/C15H27O7P/c1-7-20-14(17)15(5,11-12(4)10-13(16)19-6)23(18,21-8-2)22-9-3/h10H,7-9,11H2,1-6H3. The van der Waals surface area contributed by atoms with Crippen molar-refractivity contribution in [2.45, 2.75) is 46.2 Å². The summed E-state index contributed by atoms with van der Waals surface area (Å²) < 4.78 is 33.4. The number of methoxy groups -OCH3 is 1. The molecule has 0 heterocycles. The molecule has 0 amide bonds. The summed E-state index contributed by atoms with van der Waals surface area (Å²) in [7, 11) is -2.55. The zero-order chi connectivity index (χ0) is 18.1. The quantitative estimate of drug-likeness (QED) is 0.340. The molecule has 0 radical (unpaired) electrons. The van der Waals surface area contributed by atoms with E-state index >= 15 is 0 Å². The van der Waals surface area contributed by atoms with E-state index in [9.17, 15) is 14.2 Å². The number of ether oxygens (including phenoxy) is 2. The molecule has 0 rings (SSSR count). The molecule has 23 heavy (non-hydrogen) atoms. The van der Waals surface area contributed by atoms with Gasteiger partial charge in [-0.3, -0.25) is 9.36 Å². The lowest BCUT2D eigenvalue weighted by molar-refractivity contribution is -0.146. The summed E-state index contributed by atoms with van der Waals surface area (Å²) in [4.78, 5) is 23.8. The Morgan fingerprint density at radius 1 is 1.09 bits per heavy atom. The van der Waals surface area contributed by atoms with Crippen LogP contribution in [0.25, 0.3) is 0 Å².